The summed E-state index contributed by atoms with van der Waals surface area (Å²) >= 11 is 3.06. The van der Waals surface area contributed by atoms with Crippen LogP contribution < -0.4 is 10.5 Å². The van der Waals surface area contributed by atoms with E-state index in [1.807, 2.05) is 13.8 Å². The number of nitrogens with one attached hydrogen (secondary N) is 1. The normalized spacial score (nSPS) is 13.6. The highest BCUT2D eigenvalue weighted by molar-refractivity contribution is 9.10. The summed E-state index contributed by atoms with van der Waals surface area (Å²) < 4.78 is 41.2. The van der Waals surface area contributed by atoms with Gasteiger partial charge in [-0.25, -0.2) is 17.5 Å². The zero-order valence-corrected chi connectivity index (χ0v) is 14.8. The Balaban J connectivity index is 2.94. The summed E-state index contributed by atoms with van der Waals surface area (Å²) in [5.41, 5.74) is 5.80. The number of nitrogens with two attached hydrogens (primary N) is 1. The molecule has 0 fully saturated rings. The van der Waals surface area contributed by atoms with E-state index in [4.69, 9.17) is 5.73 Å². The fourth-order valence-corrected chi connectivity index (χ4v) is 3.63. The molecular weight excluding hydrogens is 361 g/mol. The summed E-state index contributed by atoms with van der Waals surface area (Å²) in [6.45, 7) is 7.94. The maximum atomic E-state index is 13.9. The molecule has 0 radical (unpaired) electrons. The predicted molar refractivity (Wildman–Crippen MR) is 86.1 cm³/mol. The van der Waals surface area contributed by atoms with Crippen molar-refractivity contribution in [2.75, 3.05) is 25.4 Å². The fraction of sp³-hybridized carbons (Fsp3) is 0.538. The lowest BCUT2D eigenvalue weighted by Crippen LogP contribution is -2.42. The molecule has 0 aliphatic rings. The van der Waals surface area contributed by atoms with Gasteiger partial charge < -0.3 is 10.6 Å². The van der Waals surface area contributed by atoms with Gasteiger partial charge >= 0.3 is 0 Å². The quantitative estimate of drug-likeness (QED) is 0.709. The number of hydrogen-bond acceptors (Lipinski definition) is 4. The Bertz CT molecular complexity index is 591. The highest BCUT2D eigenvalue weighted by Crippen LogP contribution is 2.26. The molecule has 0 aliphatic carbocycles. The van der Waals surface area contributed by atoms with E-state index in [2.05, 4.69) is 25.6 Å². The van der Waals surface area contributed by atoms with Crippen molar-refractivity contribution >= 4 is 31.6 Å². The third kappa shape index (κ3) is 4.91. The molecule has 21 heavy (non-hydrogen) atoms. The zero-order valence-electron chi connectivity index (χ0n) is 12.4. The van der Waals surface area contributed by atoms with Gasteiger partial charge in [0.05, 0.1) is 0 Å². The minimum Gasteiger partial charge on any atom is -0.398 e. The predicted octanol–water partition coefficient (Wildman–Crippen LogP) is 2.18. The van der Waals surface area contributed by atoms with Crippen molar-refractivity contribution in [1.29, 1.82) is 0 Å². The Labute approximate surface area is 133 Å². The van der Waals surface area contributed by atoms with Crippen molar-refractivity contribution in [3.63, 3.8) is 0 Å². The van der Waals surface area contributed by atoms with Gasteiger partial charge in [-0.1, -0.05) is 13.8 Å². The van der Waals surface area contributed by atoms with Crippen LogP contribution in [-0.4, -0.2) is 39.0 Å². The molecule has 8 heteroatoms. The van der Waals surface area contributed by atoms with Gasteiger partial charge in [0.2, 0.25) is 10.0 Å². The summed E-state index contributed by atoms with van der Waals surface area (Å²) in [6.07, 6.45) is 0. The topological polar surface area (TPSA) is 75.4 Å². The molecule has 1 unspecified atom stereocenters. The van der Waals surface area contributed by atoms with Crippen LogP contribution in [0.1, 0.15) is 20.8 Å². The Morgan fingerprint density at radius 3 is 2.48 bits per heavy atom. The van der Waals surface area contributed by atoms with Gasteiger partial charge in [0.15, 0.2) is 0 Å². The largest absolute Gasteiger partial charge is 0.398 e. The Kier molecular flexibility index (Phi) is 6.58. The molecule has 1 aromatic carbocycles. The number of anilines is 1. The van der Waals surface area contributed by atoms with E-state index < -0.39 is 20.7 Å². The van der Waals surface area contributed by atoms with E-state index in [0.717, 1.165) is 25.2 Å². The molecule has 0 spiro atoms. The summed E-state index contributed by atoms with van der Waals surface area (Å²) in [5.74, 6) is -0.835. The molecule has 0 heterocycles. The maximum absolute atomic E-state index is 13.9. The zero-order chi connectivity index (χ0) is 16.2. The number of rotatable bonds is 7. The van der Waals surface area contributed by atoms with Gasteiger partial charge in [0.25, 0.3) is 0 Å². The molecule has 5 nitrogen and oxygen atoms in total. The first-order chi connectivity index (χ1) is 9.71. The third-order valence-corrected chi connectivity index (χ3v) is 5.41. The van der Waals surface area contributed by atoms with Crippen LogP contribution in [0.15, 0.2) is 21.5 Å². The second-order valence-electron chi connectivity index (χ2n) is 4.81. The van der Waals surface area contributed by atoms with Crippen LogP contribution in [0.2, 0.25) is 0 Å². The highest BCUT2D eigenvalue weighted by atomic mass is 79.9. The van der Waals surface area contributed by atoms with Gasteiger partial charge in [-0.3, -0.25) is 0 Å². The number of nitrogen functional groups attached to an aromatic ring is 1. The smallest absolute Gasteiger partial charge is 0.243 e. The molecule has 0 amide bonds. The van der Waals surface area contributed by atoms with Crippen LogP contribution in [0.5, 0.6) is 0 Å². The lowest BCUT2D eigenvalue weighted by molar-refractivity contribution is 0.282. The molecular formula is C13H21BrFN3O2S. The van der Waals surface area contributed by atoms with Gasteiger partial charge in [-0.05, 0) is 48.1 Å². The number of likely N-dealkylation sites (N-methyl/N-ethyl adjacent to an activating group) is 1. The Morgan fingerprint density at radius 2 is 1.95 bits per heavy atom. The van der Waals surface area contributed by atoms with Crippen molar-refractivity contribution in [2.24, 2.45) is 0 Å². The van der Waals surface area contributed by atoms with Crippen molar-refractivity contribution in [3.8, 4) is 0 Å². The summed E-state index contributed by atoms with van der Waals surface area (Å²) in [5, 5.41) is 0. The number of benzene rings is 1. The lowest BCUT2D eigenvalue weighted by Gasteiger charge is -2.23. The molecule has 1 atom stereocenters. The molecule has 1 aromatic rings. The first-order valence-electron chi connectivity index (χ1n) is 6.70. The highest BCUT2D eigenvalue weighted by Gasteiger charge is 2.23. The van der Waals surface area contributed by atoms with Crippen LogP contribution in [-0.2, 0) is 10.0 Å². The average molecular weight is 382 g/mol. The Morgan fingerprint density at radius 1 is 1.38 bits per heavy atom. The van der Waals surface area contributed by atoms with Crippen molar-refractivity contribution in [1.82, 2.24) is 9.62 Å². The number of halogens is 2. The van der Waals surface area contributed by atoms with Crippen LogP contribution >= 0.6 is 15.9 Å². The molecule has 120 valence electrons. The lowest BCUT2D eigenvalue weighted by atomic mass is 10.3. The van der Waals surface area contributed by atoms with Crippen molar-refractivity contribution in [3.05, 3.63) is 22.4 Å². The van der Waals surface area contributed by atoms with Crippen LogP contribution in [0.4, 0.5) is 10.1 Å². The minimum atomic E-state index is -3.94. The van der Waals surface area contributed by atoms with E-state index in [-0.39, 0.29) is 11.7 Å². The molecule has 1 rings (SSSR count). The van der Waals surface area contributed by atoms with Gasteiger partial charge in [-0.2, -0.15) is 0 Å². The average Bonchev–Trinajstić information content (AvgIpc) is 2.39. The minimum absolute atomic E-state index is 0.174. The van der Waals surface area contributed by atoms with Gasteiger partial charge in [0.1, 0.15) is 10.7 Å². The van der Waals surface area contributed by atoms with E-state index in [0.29, 0.717) is 11.0 Å². The molecule has 0 saturated carbocycles. The van der Waals surface area contributed by atoms with Crippen LogP contribution in [0.25, 0.3) is 0 Å². The summed E-state index contributed by atoms with van der Waals surface area (Å²) in [4.78, 5) is 1.65. The molecule has 0 aliphatic heterocycles. The first kappa shape index (κ1) is 18.3. The molecule has 0 aromatic heterocycles. The van der Waals surface area contributed by atoms with Gasteiger partial charge in [0, 0.05) is 22.7 Å². The number of nitrogens with zero attached hydrogens (tertiary/aromatic N) is 1. The van der Waals surface area contributed by atoms with Crippen molar-refractivity contribution < 1.29 is 12.8 Å². The third-order valence-electron chi connectivity index (χ3n) is 3.12. The molecule has 0 bridgehead atoms. The fourth-order valence-electron chi connectivity index (χ4n) is 1.99. The summed E-state index contributed by atoms with van der Waals surface area (Å²) in [7, 11) is -3.94. The Hall–Kier alpha value is -0.700. The summed E-state index contributed by atoms with van der Waals surface area (Å²) in [6, 6.07) is 1.84. The van der Waals surface area contributed by atoms with Crippen LogP contribution in [0.3, 0.4) is 0 Å². The second-order valence-corrected chi connectivity index (χ2v) is 7.35. The van der Waals surface area contributed by atoms with E-state index in [9.17, 15) is 12.8 Å². The first-order valence-corrected chi connectivity index (χ1v) is 8.98. The maximum Gasteiger partial charge on any atom is 0.243 e. The molecule has 0 saturated heterocycles. The van der Waals surface area contributed by atoms with E-state index in [1.165, 1.54) is 0 Å². The van der Waals surface area contributed by atoms with Crippen LogP contribution in [0, 0.1) is 5.82 Å². The van der Waals surface area contributed by atoms with Gasteiger partial charge in [-0.15, -0.1) is 0 Å². The monoisotopic (exact) mass is 381 g/mol. The number of sulfonamides is 1. The second kappa shape index (κ2) is 7.53. The van der Waals surface area contributed by atoms with E-state index in [1.54, 1.807) is 6.92 Å². The number of hydrogen-bond donors (Lipinski definition) is 2. The van der Waals surface area contributed by atoms with Crippen molar-refractivity contribution in [2.45, 2.75) is 31.7 Å². The molecule has 3 N–H and O–H groups in total. The SMILES string of the molecule is CCN(CC)CC(C)NS(=O)(=O)c1cc(N)c(Br)cc1F. The standard InChI is InChI=1S/C13H21BrFN3O2S/c1-4-18(5-2)8-9(3)17-21(19,20)13-7-12(16)10(14)6-11(13)15/h6-7,9,17H,4-5,8,16H2,1-3H3. The van der Waals surface area contributed by atoms with E-state index >= 15 is 0 Å².